The molecule has 0 aromatic heterocycles. The van der Waals surface area contributed by atoms with Crippen molar-refractivity contribution < 1.29 is 37.3 Å². The third-order valence-corrected chi connectivity index (χ3v) is 13.8. The van der Waals surface area contributed by atoms with Crippen LogP contribution in [0, 0.1) is 0 Å². The first-order chi connectivity index (χ1) is 34.9. The van der Waals surface area contributed by atoms with Crippen LogP contribution in [0.2, 0.25) is 0 Å². The molecule has 0 radical (unpaired) electrons. The number of nitrogens with one attached hydrogen (secondary N) is 1. The number of hydrogen-bond donors (Lipinski definition) is 1. The molecule has 3 atom stereocenters. The van der Waals surface area contributed by atoms with Gasteiger partial charge >= 0.3 is 5.97 Å². The van der Waals surface area contributed by atoms with Gasteiger partial charge in [0.2, 0.25) is 5.91 Å². The van der Waals surface area contributed by atoms with Crippen LogP contribution in [0.1, 0.15) is 258 Å². The summed E-state index contributed by atoms with van der Waals surface area (Å²) in [5.41, 5.74) is 0. The van der Waals surface area contributed by atoms with Gasteiger partial charge in [-0.05, 0) is 96.0 Å². The van der Waals surface area contributed by atoms with E-state index < -0.39 is 26.6 Å². The van der Waals surface area contributed by atoms with Crippen LogP contribution in [0.5, 0.6) is 0 Å². The van der Waals surface area contributed by atoms with Gasteiger partial charge in [0.25, 0.3) is 7.82 Å². The lowest BCUT2D eigenvalue weighted by Gasteiger charge is -2.30. The van der Waals surface area contributed by atoms with Crippen molar-refractivity contribution in [1.29, 1.82) is 0 Å². The lowest BCUT2D eigenvalue weighted by atomic mass is 10.0. The van der Waals surface area contributed by atoms with Gasteiger partial charge in [-0.15, -0.1) is 0 Å². The van der Waals surface area contributed by atoms with E-state index in [1.807, 2.05) is 33.3 Å². The maximum Gasteiger partial charge on any atom is 0.306 e. The van der Waals surface area contributed by atoms with E-state index in [1.165, 1.54) is 135 Å². The van der Waals surface area contributed by atoms with Gasteiger partial charge in [0.05, 0.1) is 33.8 Å². The van der Waals surface area contributed by atoms with E-state index >= 15 is 0 Å². The predicted octanol–water partition coefficient (Wildman–Crippen LogP) is 17.4. The Morgan fingerprint density at radius 1 is 0.500 bits per heavy atom. The topological polar surface area (TPSA) is 114 Å². The van der Waals surface area contributed by atoms with E-state index in [1.54, 1.807) is 0 Å². The van der Waals surface area contributed by atoms with Crippen molar-refractivity contribution in [2.45, 2.75) is 270 Å². The van der Waals surface area contributed by atoms with Gasteiger partial charge in [-0.1, -0.05) is 222 Å². The number of nitrogens with zero attached hydrogens (tertiary/aromatic N) is 1. The number of carbonyl (C=O) groups excluding carboxylic acids is 2. The molecule has 0 bridgehead atoms. The Labute approximate surface area is 444 Å². The monoisotopic (exact) mass is 1030 g/mol. The lowest BCUT2D eigenvalue weighted by Crippen LogP contribution is -2.47. The fraction of sp³-hybridized carbons (Fsp3) is 0.774. The zero-order chi connectivity index (χ0) is 52.9. The standard InChI is InChI=1S/C62H113N2O7P/c1-7-10-13-16-19-22-25-27-29-31-32-33-35-37-40-43-46-49-52-55-62(66)71-60(53-50-47-44-41-38-24-21-18-15-12-9-3)59(58-70-72(67,68)69-57-56-64(4,5)6)63-61(65)54-51-48-45-42-39-36-34-30-28-26-23-20-17-14-11-8-2/h11,14,20,23,27-30,36,39,50,53,59-60H,7-10,12-13,15-19,21-22,24-26,31-35,37-38,40-49,51-52,54-58H2,1-6H3,(H-,63,65,67,68)/b14-11+,23-20+,29-27+,30-28+,39-36+,53-50+. The minimum atomic E-state index is -4.71. The van der Waals surface area contributed by atoms with Crippen molar-refractivity contribution in [2.24, 2.45) is 0 Å². The minimum absolute atomic E-state index is 0.0312. The second-order valence-corrected chi connectivity index (χ2v) is 22.5. The summed E-state index contributed by atoms with van der Waals surface area (Å²) in [4.78, 5) is 39.9. The number of allylic oxidation sites excluding steroid dienone is 11. The Kier molecular flexibility index (Phi) is 50.1. The zero-order valence-corrected chi connectivity index (χ0v) is 48.5. The third kappa shape index (κ3) is 52.3. The van der Waals surface area contributed by atoms with E-state index in [0.29, 0.717) is 17.4 Å². The number of carbonyl (C=O) groups is 2. The molecule has 0 aliphatic heterocycles. The molecule has 3 unspecified atom stereocenters. The first-order valence-corrected chi connectivity index (χ1v) is 31.2. The Hall–Kier alpha value is -2.55. The normalized spacial score (nSPS) is 14.3. The van der Waals surface area contributed by atoms with Crippen molar-refractivity contribution in [3.63, 3.8) is 0 Å². The van der Waals surface area contributed by atoms with Gasteiger partial charge in [0.1, 0.15) is 19.3 Å². The average Bonchev–Trinajstić information content (AvgIpc) is 3.34. The molecule has 418 valence electrons. The van der Waals surface area contributed by atoms with Crippen LogP contribution >= 0.6 is 7.82 Å². The molecule has 0 aliphatic carbocycles. The molecule has 0 saturated carbocycles. The SMILES string of the molecule is CC/C=C/C/C=C/C/C=C/C/C=C/CCCCCC(=O)NC(COP(=O)([O-])OCC[N+](C)(C)C)C(/C=C/CCCCCCCCCCC)OC(=O)CCCCCCCCCCC/C=C/CCCCCCCC. The van der Waals surface area contributed by atoms with Crippen molar-refractivity contribution in [3.05, 3.63) is 72.9 Å². The minimum Gasteiger partial charge on any atom is -0.756 e. The summed E-state index contributed by atoms with van der Waals surface area (Å²) in [7, 11) is 1.16. The first kappa shape index (κ1) is 69.5. The van der Waals surface area contributed by atoms with Gasteiger partial charge in [0, 0.05) is 12.8 Å². The number of esters is 1. The molecule has 0 aromatic rings. The highest BCUT2D eigenvalue weighted by Crippen LogP contribution is 2.38. The van der Waals surface area contributed by atoms with E-state index in [0.717, 1.165) is 83.5 Å². The summed E-state index contributed by atoms with van der Waals surface area (Å²) in [5.74, 6) is -0.580. The smallest absolute Gasteiger partial charge is 0.306 e. The Morgan fingerprint density at radius 2 is 0.889 bits per heavy atom. The van der Waals surface area contributed by atoms with Crippen LogP contribution in [0.4, 0.5) is 0 Å². The second kappa shape index (κ2) is 51.9. The molecule has 0 aliphatic rings. The highest BCUT2D eigenvalue weighted by molar-refractivity contribution is 7.45. The molecule has 10 heteroatoms. The Balaban J connectivity index is 5.31. The number of unbranched alkanes of at least 4 members (excludes halogenated alkanes) is 27. The number of ether oxygens (including phenoxy) is 1. The van der Waals surface area contributed by atoms with Crippen molar-refractivity contribution in [1.82, 2.24) is 5.32 Å². The van der Waals surface area contributed by atoms with Crippen LogP contribution in [-0.4, -0.2) is 69.4 Å². The van der Waals surface area contributed by atoms with E-state index in [4.69, 9.17) is 13.8 Å². The Morgan fingerprint density at radius 3 is 1.36 bits per heavy atom. The maximum absolute atomic E-state index is 13.5. The number of phosphoric acid groups is 1. The van der Waals surface area contributed by atoms with Gasteiger partial charge in [-0.3, -0.25) is 14.2 Å². The molecule has 1 N–H and O–H groups in total. The van der Waals surface area contributed by atoms with Crippen molar-refractivity contribution in [2.75, 3.05) is 40.9 Å². The van der Waals surface area contributed by atoms with Crippen LogP contribution < -0.4 is 10.2 Å². The summed E-state index contributed by atoms with van der Waals surface area (Å²) >= 11 is 0. The number of phosphoric ester groups is 1. The van der Waals surface area contributed by atoms with Gasteiger partial charge in [0.15, 0.2) is 0 Å². The highest BCUT2D eigenvalue weighted by atomic mass is 31.2. The molecule has 0 heterocycles. The molecule has 0 spiro atoms. The number of quaternary nitrogens is 1. The quantitative estimate of drug-likeness (QED) is 0.0212. The van der Waals surface area contributed by atoms with Crippen LogP contribution in [0.15, 0.2) is 72.9 Å². The molecule has 0 saturated heterocycles. The molecule has 0 rings (SSSR count). The van der Waals surface area contributed by atoms with Gasteiger partial charge < -0.3 is 28.5 Å². The summed E-state index contributed by atoms with van der Waals surface area (Å²) in [6.45, 7) is 6.69. The fourth-order valence-corrected chi connectivity index (χ4v) is 8.99. The largest absolute Gasteiger partial charge is 0.756 e. The highest BCUT2D eigenvalue weighted by Gasteiger charge is 2.27. The van der Waals surface area contributed by atoms with E-state index in [2.05, 4.69) is 86.8 Å². The molecule has 0 aromatic carbocycles. The maximum atomic E-state index is 13.5. The summed E-state index contributed by atoms with van der Waals surface area (Å²) in [5, 5.41) is 3.00. The average molecular weight is 1030 g/mol. The summed E-state index contributed by atoms with van der Waals surface area (Å²) < 4.78 is 30.2. The summed E-state index contributed by atoms with van der Waals surface area (Å²) in [6.07, 6.45) is 65.8. The van der Waals surface area contributed by atoms with Crippen LogP contribution in [-0.2, 0) is 27.9 Å². The molecule has 0 fully saturated rings. The van der Waals surface area contributed by atoms with Gasteiger partial charge in [-0.2, -0.15) is 0 Å². The number of rotatable bonds is 53. The number of amides is 1. The zero-order valence-electron chi connectivity index (χ0n) is 47.6. The number of likely N-dealkylation sites (N-methyl/N-ethyl adjacent to an activating group) is 1. The predicted molar refractivity (Wildman–Crippen MR) is 307 cm³/mol. The molecule has 9 nitrogen and oxygen atoms in total. The van der Waals surface area contributed by atoms with Crippen LogP contribution in [0.3, 0.4) is 0 Å². The fourth-order valence-electron chi connectivity index (χ4n) is 8.27. The molecular formula is C62H113N2O7P. The van der Waals surface area contributed by atoms with Crippen LogP contribution in [0.25, 0.3) is 0 Å². The number of hydrogen-bond acceptors (Lipinski definition) is 7. The van der Waals surface area contributed by atoms with E-state index in [-0.39, 0.29) is 31.3 Å². The summed E-state index contributed by atoms with van der Waals surface area (Å²) in [6, 6.07) is -0.907. The Bertz CT molecular complexity index is 1460. The molecular weight excluding hydrogens is 916 g/mol. The van der Waals surface area contributed by atoms with Crippen molar-refractivity contribution >= 4 is 19.7 Å². The van der Waals surface area contributed by atoms with Gasteiger partial charge in [-0.25, -0.2) is 0 Å². The first-order valence-electron chi connectivity index (χ1n) is 29.7. The second-order valence-electron chi connectivity index (χ2n) is 21.1. The third-order valence-electron chi connectivity index (χ3n) is 12.9. The van der Waals surface area contributed by atoms with Crippen molar-refractivity contribution in [3.8, 4) is 0 Å². The molecule has 1 amide bonds. The van der Waals surface area contributed by atoms with E-state index in [9.17, 15) is 19.0 Å². The lowest BCUT2D eigenvalue weighted by molar-refractivity contribution is -0.870. The molecule has 72 heavy (non-hydrogen) atoms.